The molecular formula is C31H28ClN3O6. The number of aromatic amines is 1. The molecule has 1 unspecified atom stereocenters. The molecule has 0 aliphatic carbocycles. The number of hydrazone groups is 1. The molecule has 41 heavy (non-hydrogen) atoms. The molecule has 2 N–H and O–H groups in total. The summed E-state index contributed by atoms with van der Waals surface area (Å²) in [6, 6.07) is 19.4. The van der Waals surface area contributed by atoms with Crippen LogP contribution >= 0.6 is 11.6 Å². The zero-order valence-electron chi connectivity index (χ0n) is 22.5. The number of H-pyrrole nitrogens is 1. The molecule has 1 aliphatic rings. The number of nitrogens with one attached hydrogen (secondary N) is 1. The number of carboxylic acids is 1. The van der Waals surface area contributed by atoms with E-state index in [0.717, 1.165) is 10.9 Å². The van der Waals surface area contributed by atoms with Gasteiger partial charge in [-0.3, -0.25) is 14.4 Å². The van der Waals surface area contributed by atoms with Crippen molar-refractivity contribution in [3.05, 3.63) is 93.2 Å². The van der Waals surface area contributed by atoms with Crippen LogP contribution in [0.4, 0.5) is 0 Å². The monoisotopic (exact) mass is 573 g/mol. The van der Waals surface area contributed by atoms with E-state index in [1.807, 2.05) is 36.4 Å². The van der Waals surface area contributed by atoms with E-state index in [1.165, 1.54) is 12.1 Å². The second-order valence-electron chi connectivity index (χ2n) is 9.62. The van der Waals surface area contributed by atoms with Crippen LogP contribution in [0, 0.1) is 0 Å². The number of halogens is 1. The SMILES string of the molecule is COc1ccc(OC)c(C2CC(c3c(-c4ccc(Cl)cc4)c4ccccc4[nH]c3=O)=NN2C(=O)CCCC(=O)O)c1. The predicted molar refractivity (Wildman–Crippen MR) is 157 cm³/mol. The Hall–Kier alpha value is -4.63. The molecule has 0 bridgehead atoms. The van der Waals surface area contributed by atoms with Gasteiger partial charge in [0.05, 0.1) is 31.5 Å². The number of aromatic nitrogens is 1. The average molecular weight is 574 g/mol. The van der Waals surface area contributed by atoms with E-state index in [4.69, 9.17) is 31.3 Å². The van der Waals surface area contributed by atoms with Gasteiger partial charge < -0.3 is 19.6 Å². The molecule has 3 aromatic carbocycles. The van der Waals surface area contributed by atoms with Crippen LogP contribution in [0.5, 0.6) is 11.5 Å². The van der Waals surface area contributed by atoms with Crippen molar-refractivity contribution in [2.24, 2.45) is 5.10 Å². The Labute approximate surface area is 241 Å². The van der Waals surface area contributed by atoms with Crippen LogP contribution in [0.15, 0.2) is 76.6 Å². The van der Waals surface area contributed by atoms with Gasteiger partial charge in [0, 0.05) is 46.3 Å². The van der Waals surface area contributed by atoms with Gasteiger partial charge in [-0.1, -0.05) is 41.9 Å². The van der Waals surface area contributed by atoms with Crippen molar-refractivity contribution in [1.82, 2.24) is 9.99 Å². The van der Waals surface area contributed by atoms with Crippen LogP contribution in [0.1, 0.15) is 42.9 Å². The third kappa shape index (κ3) is 5.67. The second kappa shape index (κ2) is 11.9. The van der Waals surface area contributed by atoms with Crippen molar-refractivity contribution in [1.29, 1.82) is 0 Å². The molecular weight excluding hydrogens is 546 g/mol. The molecule has 9 nitrogen and oxygen atoms in total. The smallest absolute Gasteiger partial charge is 0.303 e. The largest absolute Gasteiger partial charge is 0.497 e. The van der Waals surface area contributed by atoms with E-state index in [1.54, 1.807) is 37.4 Å². The molecule has 210 valence electrons. The Morgan fingerprint density at radius 1 is 1.02 bits per heavy atom. The number of para-hydroxylation sites is 1. The molecule has 10 heteroatoms. The lowest BCUT2D eigenvalue weighted by atomic mass is 9.90. The maximum Gasteiger partial charge on any atom is 0.303 e. The normalized spacial score (nSPS) is 14.7. The van der Waals surface area contributed by atoms with Crippen LogP contribution in [0.2, 0.25) is 5.02 Å². The van der Waals surface area contributed by atoms with E-state index in [2.05, 4.69) is 4.98 Å². The standard InChI is InChI=1S/C31H28ClN3O6/c1-40-20-14-15-26(41-2)22(16-20)25-17-24(34-35(25)27(36)8-5-9-28(37)38)30-29(18-10-12-19(32)13-11-18)21-6-3-4-7-23(21)33-31(30)39/h3-4,6-7,10-16,25H,5,8-9,17H2,1-2H3,(H,33,39)(H,37,38). The number of pyridine rings is 1. The molecule has 0 saturated heterocycles. The molecule has 1 amide bonds. The predicted octanol–water partition coefficient (Wildman–Crippen LogP) is 5.80. The number of fused-ring (bicyclic) bond motifs is 1. The molecule has 1 aromatic heterocycles. The zero-order valence-corrected chi connectivity index (χ0v) is 23.3. The maximum absolute atomic E-state index is 13.7. The molecule has 1 atom stereocenters. The maximum atomic E-state index is 13.7. The summed E-state index contributed by atoms with van der Waals surface area (Å²) in [6.07, 6.45) is 0.207. The molecule has 0 spiro atoms. The lowest BCUT2D eigenvalue weighted by molar-refractivity contribution is -0.137. The summed E-state index contributed by atoms with van der Waals surface area (Å²) in [5, 5.41) is 16.5. The Balaban J connectivity index is 1.68. The van der Waals surface area contributed by atoms with Crippen molar-refractivity contribution in [2.75, 3.05) is 14.2 Å². The van der Waals surface area contributed by atoms with Gasteiger partial charge in [-0.2, -0.15) is 5.10 Å². The highest BCUT2D eigenvalue weighted by Crippen LogP contribution is 2.41. The highest BCUT2D eigenvalue weighted by atomic mass is 35.5. The van der Waals surface area contributed by atoms with Crippen molar-refractivity contribution in [3.63, 3.8) is 0 Å². The van der Waals surface area contributed by atoms with Gasteiger partial charge in [0.25, 0.3) is 5.56 Å². The number of nitrogens with zero attached hydrogens (tertiary/aromatic N) is 2. The molecule has 2 heterocycles. The highest BCUT2D eigenvalue weighted by Gasteiger charge is 2.37. The van der Waals surface area contributed by atoms with Crippen LogP contribution in [0.25, 0.3) is 22.0 Å². The number of amides is 1. The number of hydrogen-bond donors (Lipinski definition) is 2. The lowest BCUT2D eigenvalue weighted by Gasteiger charge is -2.24. The van der Waals surface area contributed by atoms with Gasteiger partial charge in [0.1, 0.15) is 11.5 Å². The van der Waals surface area contributed by atoms with Gasteiger partial charge in [0.2, 0.25) is 5.91 Å². The number of hydrogen-bond acceptors (Lipinski definition) is 6. The number of benzene rings is 3. The Kier molecular flexibility index (Phi) is 8.07. The minimum Gasteiger partial charge on any atom is -0.497 e. The number of methoxy groups -OCH3 is 2. The summed E-state index contributed by atoms with van der Waals surface area (Å²) < 4.78 is 11.1. The summed E-state index contributed by atoms with van der Waals surface area (Å²) in [7, 11) is 3.08. The van der Waals surface area contributed by atoms with Crippen molar-refractivity contribution >= 4 is 40.1 Å². The Morgan fingerprint density at radius 2 is 1.78 bits per heavy atom. The average Bonchev–Trinajstić information content (AvgIpc) is 3.41. The van der Waals surface area contributed by atoms with Crippen LogP contribution in [0.3, 0.4) is 0 Å². The van der Waals surface area contributed by atoms with Gasteiger partial charge in [-0.05, 0) is 48.4 Å². The molecule has 0 radical (unpaired) electrons. The lowest BCUT2D eigenvalue weighted by Crippen LogP contribution is -2.27. The fraction of sp³-hybridized carbons (Fsp3) is 0.226. The Morgan fingerprint density at radius 3 is 2.49 bits per heavy atom. The van der Waals surface area contributed by atoms with E-state index in [0.29, 0.717) is 44.4 Å². The fourth-order valence-electron chi connectivity index (χ4n) is 5.17. The van der Waals surface area contributed by atoms with Crippen molar-refractivity contribution < 1.29 is 24.2 Å². The number of carboxylic acid groups (broad SMARTS) is 1. The summed E-state index contributed by atoms with van der Waals surface area (Å²) in [5.74, 6) is -0.245. The van der Waals surface area contributed by atoms with Gasteiger partial charge in [-0.25, -0.2) is 5.01 Å². The van der Waals surface area contributed by atoms with Gasteiger partial charge in [-0.15, -0.1) is 0 Å². The minimum absolute atomic E-state index is 0.0238. The Bertz CT molecular complexity index is 1710. The first-order chi connectivity index (χ1) is 19.8. The molecule has 4 aromatic rings. The molecule has 0 saturated carbocycles. The van der Waals surface area contributed by atoms with Crippen LogP contribution < -0.4 is 15.0 Å². The van der Waals surface area contributed by atoms with Gasteiger partial charge in [0.15, 0.2) is 0 Å². The van der Waals surface area contributed by atoms with E-state index in [-0.39, 0.29) is 37.1 Å². The number of carbonyl (C=O) groups is 2. The fourth-order valence-corrected chi connectivity index (χ4v) is 5.30. The minimum atomic E-state index is -0.982. The van der Waals surface area contributed by atoms with Crippen molar-refractivity contribution in [2.45, 2.75) is 31.7 Å². The van der Waals surface area contributed by atoms with Gasteiger partial charge >= 0.3 is 5.97 Å². The third-order valence-electron chi connectivity index (χ3n) is 7.09. The molecule has 1 aliphatic heterocycles. The number of aliphatic carboxylic acids is 1. The summed E-state index contributed by atoms with van der Waals surface area (Å²) in [6.45, 7) is 0. The first kappa shape index (κ1) is 27.9. The highest BCUT2D eigenvalue weighted by molar-refractivity contribution is 6.30. The van der Waals surface area contributed by atoms with Crippen LogP contribution in [-0.4, -0.2) is 46.9 Å². The number of rotatable bonds is 9. The summed E-state index contributed by atoms with van der Waals surface area (Å²) >= 11 is 6.18. The number of carbonyl (C=O) groups excluding carboxylic acids is 1. The topological polar surface area (TPSA) is 121 Å². The number of ether oxygens (including phenoxy) is 2. The van der Waals surface area contributed by atoms with Crippen molar-refractivity contribution in [3.8, 4) is 22.6 Å². The summed E-state index contributed by atoms with van der Waals surface area (Å²) in [4.78, 5) is 41.2. The first-order valence-electron chi connectivity index (χ1n) is 13.0. The molecule has 0 fully saturated rings. The van der Waals surface area contributed by atoms with Crippen LogP contribution in [-0.2, 0) is 9.59 Å². The second-order valence-corrected chi connectivity index (χ2v) is 10.1. The first-order valence-corrected chi connectivity index (χ1v) is 13.4. The summed E-state index contributed by atoms with van der Waals surface area (Å²) in [5.41, 5.74) is 3.19. The third-order valence-corrected chi connectivity index (χ3v) is 7.34. The van der Waals surface area contributed by atoms with E-state index < -0.39 is 12.0 Å². The van der Waals surface area contributed by atoms with E-state index >= 15 is 0 Å². The van der Waals surface area contributed by atoms with E-state index in [9.17, 15) is 14.4 Å². The molecule has 5 rings (SSSR count). The zero-order chi connectivity index (χ0) is 29.1. The quantitative estimate of drug-likeness (QED) is 0.261.